The lowest BCUT2D eigenvalue weighted by atomic mass is 9.89. The summed E-state index contributed by atoms with van der Waals surface area (Å²) in [7, 11) is 0. The number of ketones is 1. The minimum Gasteiger partial charge on any atom is -0.393 e. The van der Waals surface area contributed by atoms with Crippen LogP contribution in [0, 0.1) is 5.92 Å². The van der Waals surface area contributed by atoms with Crippen molar-refractivity contribution in [2.75, 3.05) is 6.54 Å². The summed E-state index contributed by atoms with van der Waals surface area (Å²) in [5, 5.41) is 12.6. The van der Waals surface area contributed by atoms with E-state index in [1.54, 1.807) is 0 Å². The first kappa shape index (κ1) is 17.2. The Bertz CT molecular complexity index is 611. The van der Waals surface area contributed by atoms with Gasteiger partial charge >= 0.3 is 0 Å². The Morgan fingerprint density at radius 3 is 2.58 bits per heavy atom. The molecule has 4 heteroatoms. The van der Waals surface area contributed by atoms with Gasteiger partial charge in [-0.15, -0.1) is 0 Å². The molecule has 0 aromatic heterocycles. The van der Waals surface area contributed by atoms with Crippen molar-refractivity contribution in [2.24, 2.45) is 5.92 Å². The Hall–Kier alpha value is -1.68. The average Bonchev–Trinajstić information content (AvgIpc) is 3.02. The monoisotopic (exact) mass is 329 g/mol. The summed E-state index contributed by atoms with van der Waals surface area (Å²) >= 11 is 0. The Morgan fingerprint density at radius 2 is 1.83 bits per heavy atom. The maximum absolute atomic E-state index is 12.3. The summed E-state index contributed by atoms with van der Waals surface area (Å²) in [6.07, 6.45) is 7.60. The number of Topliss-reactive ketones (excluding diaryl/α,β-unsaturated/α-hetero) is 1. The van der Waals surface area contributed by atoms with Crippen LogP contribution in [0.5, 0.6) is 0 Å². The van der Waals surface area contributed by atoms with E-state index in [1.165, 1.54) is 24.0 Å². The molecule has 3 rings (SSSR count). The van der Waals surface area contributed by atoms with Crippen molar-refractivity contribution in [3.05, 3.63) is 34.9 Å². The van der Waals surface area contributed by atoms with Gasteiger partial charge in [0.05, 0.1) is 6.10 Å². The van der Waals surface area contributed by atoms with Crippen molar-refractivity contribution in [3.8, 4) is 0 Å². The minimum atomic E-state index is -0.289. The fraction of sp³-hybridized carbons (Fsp3) is 0.600. The number of carbonyl (C=O) groups excluding carboxylic acids is 2. The van der Waals surface area contributed by atoms with Crippen LogP contribution in [0.2, 0.25) is 0 Å². The van der Waals surface area contributed by atoms with Gasteiger partial charge in [-0.3, -0.25) is 9.59 Å². The molecule has 0 heterocycles. The number of fused-ring (bicyclic) bond motifs is 1. The van der Waals surface area contributed by atoms with Crippen molar-refractivity contribution >= 4 is 11.7 Å². The van der Waals surface area contributed by atoms with E-state index in [4.69, 9.17) is 0 Å². The summed E-state index contributed by atoms with van der Waals surface area (Å²) in [4.78, 5) is 24.3. The number of amides is 1. The van der Waals surface area contributed by atoms with Crippen LogP contribution in [-0.2, 0) is 17.6 Å². The normalized spacial score (nSPS) is 22.9. The second-order valence-corrected chi connectivity index (χ2v) is 7.18. The number of aliphatic hydroxyl groups is 1. The SMILES string of the molecule is O=C(CCC(=O)c1ccc2c(c1)CCCC2)NCC1CCCC1O. The summed E-state index contributed by atoms with van der Waals surface area (Å²) in [5.74, 6) is 0.116. The van der Waals surface area contributed by atoms with Crippen molar-refractivity contribution in [2.45, 2.75) is 63.9 Å². The third kappa shape index (κ3) is 4.23. The summed E-state index contributed by atoms with van der Waals surface area (Å²) in [5.41, 5.74) is 3.40. The van der Waals surface area contributed by atoms with Gasteiger partial charge in [-0.25, -0.2) is 0 Å². The second kappa shape index (κ2) is 7.93. The van der Waals surface area contributed by atoms with Gasteiger partial charge in [-0.1, -0.05) is 18.6 Å². The molecule has 2 atom stereocenters. The van der Waals surface area contributed by atoms with E-state index < -0.39 is 0 Å². The van der Waals surface area contributed by atoms with E-state index in [1.807, 2.05) is 12.1 Å². The number of hydrogen-bond acceptors (Lipinski definition) is 3. The highest BCUT2D eigenvalue weighted by Crippen LogP contribution is 2.25. The molecule has 0 spiro atoms. The Kier molecular flexibility index (Phi) is 5.67. The zero-order chi connectivity index (χ0) is 16.9. The van der Waals surface area contributed by atoms with Crippen molar-refractivity contribution in [3.63, 3.8) is 0 Å². The van der Waals surface area contributed by atoms with Gasteiger partial charge < -0.3 is 10.4 Å². The number of hydrogen-bond donors (Lipinski definition) is 2. The Balaban J connectivity index is 1.45. The molecule has 2 aliphatic carbocycles. The first-order chi connectivity index (χ1) is 11.6. The van der Waals surface area contributed by atoms with Crippen molar-refractivity contribution in [1.82, 2.24) is 5.32 Å². The lowest BCUT2D eigenvalue weighted by Gasteiger charge is -2.16. The lowest BCUT2D eigenvalue weighted by Crippen LogP contribution is -2.32. The standard InChI is InChI=1S/C20H27NO3/c22-18-7-3-6-17(18)13-21-20(24)11-10-19(23)16-9-8-14-4-1-2-5-15(14)12-16/h8-9,12,17-18,22H,1-7,10-11,13H2,(H,21,24). The summed E-state index contributed by atoms with van der Waals surface area (Å²) < 4.78 is 0. The van der Waals surface area contributed by atoms with E-state index in [0.29, 0.717) is 6.54 Å². The van der Waals surface area contributed by atoms with Crippen LogP contribution in [-0.4, -0.2) is 29.4 Å². The molecular weight excluding hydrogens is 302 g/mol. The first-order valence-corrected chi connectivity index (χ1v) is 9.23. The zero-order valence-electron chi connectivity index (χ0n) is 14.2. The highest BCUT2D eigenvalue weighted by atomic mass is 16.3. The van der Waals surface area contributed by atoms with Crippen molar-refractivity contribution in [1.29, 1.82) is 0 Å². The van der Waals surface area contributed by atoms with Crippen LogP contribution in [0.3, 0.4) is 0 Å². The van der Waals surface area contributed by atoms with Gasteiger partial charge in [0, 0.05) is 30.9 Å². The van der Waals surface area contributed by atoms with Crippen molar-refractivity contribution < 1.29 is 14.7 Å². The van der Waals surface area contributed by atoms with Crippen LogP contribution in [0.15, 0.2) is 18.2 Å². The van der Waals surface area contributed by atoms with Gasteiger partial charge in [0.1, 0.15) is 0 Å². The predicted molar refractivity (Wildman–Crippen MR) is 93.0 cm³/mol. The molecule has 2 N–H and O–H groups in total. The maximum atomic E-state index is 12.3. The fourth-order valence-corrected chi connectivity index (χ4v) is 3.87. The molecule has 24 heavy (non-hydrogen) atoms. The van der Waals surface area contributed by atoms with Crippen LogP contribution in [0.1, 0.15) is 66.4 Å². The average molecular weight is 329 g/mol. The lowest BCUT2D eigenvalue weighted by molar-refractivity contribution is -0.121. The van der Waals surface area contributed by atoms with E-state index in [2.05, 4.69) is 11.4 Å². The molecule has 1 amide bonds. The van der Waals surface area contributed by atoms with Gasteiger partial charge in [0.15, 0.2) is 5.78 Å². The third-order valence-electron chi connectivity index (χ3n) is 5.43. The second-order valence-electron chi connectivity index (χ2n) is 7.18. The van der Waals surface area contributed by atoms with Crippen LogP contribution < -0.4 is 5.32 Å². The highest BCUT2D eigenvalue weighted by Gasteiger charge is 2.25. The fourth-order valence-electron chi connectivity index (χ4n) is 3.87. The molecule has 0 saturated heterocycles. The summed E-state index contributed by atoms with van der Waals surface area (Å²) in [6, 6.07) is 5.99. The molecule has 1 aromatic carbocycles. The minimum absolute atomic E-state index is 0.0411. The molecule has 2 unspecified atom stereocenters. The van der Waals surface area contributed by atoms with E-state index in [-0.39, 0.29) is 36.6 Å². The summed E-state index contributed by atoms with van der Waals surface area (Å²) in [6.45, 7) is 0.521. The molecule has 1 fully saturated rings. The quantitative estimate of drug-likeness (QED) is 0.789. The maximum Gasteiger partial charge on any atom is 0.220 e. The van der Waals surface area contributed by atoms with Gasteiger partial charge in [0.25, 0.3) is 0 Å². The smallest absolute Gasteiger partial charge is 0.220 e. The topological polar surface area (TPSA) is 66.4 Å². The van der Waals surface area contributed by atoms with E-state index in [9.17, 15) is 14.7 Å². The van der Waals surface area contributed by atoms with Gasteiger partial charge in [-0.05, 0) is 55.7 Å². The molecule has 0 radical (unpaired) electrons. The molecule has 4 nitrogen and oxygen atoms in total. The zero-order valence-corrected chi connectivity index (χ0v) is 14.2. The van der Waals surface area contributed by atoms with Gasteiger partial charge in [-0.2, -0.15) is 0 Å². The van der Waals surface area contributed by atoms with Crippen LogP contribution >= 0.6 is 0 Å². The predicted octanol–water partition coefficient (Wildman–Crippen LogP) is 2.81. The Morgan fingerprint density at radius 1 is 1.04 bits per heavy atom. The largest absolute Gasteiger partial charge is 0.393 e. The molecule has 0 aliphatic heterocycles. The number of carbonyl (C=O) groups is 2. The third-order valence-corrected chi connectivity index (χ3v) is 5.43. The number of aliphatic hydroxyl groups excluding tert-OH is 1. The molecule has 0 bridgehead atoms. The number of nitrogens with one attached hydrogen (secondary N) is 1. The van der Waals surface area contributed by atoms with Crippen LogP contribution in [0.25, 0.3) is 0 Å². The molecular formula is C20H27NO3. The number of benzene rings is 1. The number of aryl methyl sites for hydroxylation is 2. The van der Waals surface area contributed by atoms with E-state index in [0.717, 1.165) is 37.7 Å². The number of rotatable bonds is 6. The Labute approximate surface area is 143 Å². The van der Waals surface area contributed by atoms with E-state index >= 15 is 0 Å². The van der Waals surface area contributed by atoms with Gasteiger partial charge in [0.2, 0.25) is 5.91 Å². The first-order valence-electron chi connectivity index (χ1n) is 9.23. The highest BCUT2D eigenvalue weighted by molar-refractivity contribution is 5.98. The molecule has 130 valence electrons. The molecule has 2 aliphatic rings. The molecule has 1 saturated carbocycles. The molecule has 1 aromatic rings. The van der Waals surface area contributed by atoms with Crippen LogP contribution in [0.4, 0.5) is 0 Å².